The van der Waals surface area contributed by atoms with Crippen LogP contribution < -0.4 is 10.6 Å². The Hall–Kier alpha value is -1.99. The molecule has 2 aromatic heterocycles. The summed E-state index contributed by atoms with van der Waals surface area (Å²) in [5.74, 6) is -0.0994. The Morgan fingerprint density at radius 3 is 2.96 bits per heavy atom. The maximum Gasteiger partial charge on any atom is 0.257 e. The number of nitrogens with one attached hydrogen (secondary N) is 2. The van der Waals surface area contributed by atoms with E-state index >= 15 is 0 Å². The monoisotopic (exact) mass is 316 g/mol. The van der Waals surface area contributed by atoms with Gasteiger partial charge in [0.05, 0.1) is 6.20 Å². The highest BCUT2D eigenvalue weighted by atomic mass is 16.1. The second-order valence-corrected chi connectivity index (χ2v) is 5.91. The zero-order valence-electron chi connectivity index (χ0n) is 13.7. The molecule has 0 radical (unpaired) electrons. The van der Waals surface area contributed by atoms with Crippen molar-refractivity contribution in [2.75, 3.05) is 26.2 Å². The minimum Gasteiger partial charge on any atom is -0.348 e. The lowest BCUT2D eigenvalue weighted by Gasteiger charge is -2.17. The Morgan fingerprint density at radius 2 is 2.26 bits per heavy atom. The van der Waals surface area contributed by atoms with Gasteiger partial charge >= 0.3 is 0 Å². The highest BCUT2D eigenvalue weighted by Crippen LogP contribution is 2.11. The van der Waals surface area contributed by atoms with Crippen molar-refractivity contribution in [3.63, 3.8) is 0 Å². The van der Waals surface area contributed by atoms with E-state index in [0.29, 0.717) is 11.2 Å². The van der Waals surface area contributed by atoms with E-state index in [1.165, 1.54) is 0 Å². The van der Waals surface area contributed by atoms with E-state index in [1.807, 2.05) is 12.4 Å². The first kappa shape index (κ1) is 15.9. The van der Waals surface area contributed by atoms with E-state index in [4.69, 9.17) is 0 Å². The highest BCUT2D eigenvalue weighted by molar-refractivity contribution is 5.99. The van der Waals surface area contributed by atoms with Crippen LogP contribution in [0.5, 0.6) is 0 Å². The number of hydrogen-bond acceptors (Lipinski definition) is 5. The van der Waals surface area contributed by atoms with Crippen molar-refractivity contribution in [2.45, 2.75) is 32.9 Å². The molecule has 1 atom stereocenters. The van der Waals surface area contributed by atoms with Crippen LogP contribution in [0.15, 0.2) is 18.6 Å². The molecular formula is C16H24N6O. The molecule has 0 bridgehead atoms. The van der Waals surface area contributed by atoms with Gasteiger partial charge in [-0.25, -0.2) is 9.50 Å². The van der Waals surface area contributed by atoms with Crippen LogP contribution in [0, 0.1) is 0 Å². The van der Waals surface area contributed by atoms with Gasteiger partial charge < -0.3 is 10.6 Å². The maximum absolute atomic E-state index is 12.4. The number of hydrogen-bond donors (Lipinski definition) is 2. The Labute approximate surface area is 136 Å². The first-order valence-corrected chi connectivity index (χ1v) is 8.27. The van der Waals surface area contributed by atoms with Crippen molar-refractivity contribution >= 4 is 11.6 Å². The topological polar surface area (TPSA) is 74.6 Å². The van der Waals surface area contributed by atoms with Crippen molar-refractivity contribution in [2.24, 2.45) is 0 Å². The Bertz CT molecular complexity index is 672. The predicted octanol–water partition coefficient (Wildman–Crippen LogP) is 0.663. The standard InChI is InChI=1S/C16H24N6O/c1-3-21(4-2)10-12-7-18-15-14(9-19-22(15)11-12)16(23)20-13-5-6-17-8-13/h7,9,11,13,17H,3-6,8,10H2,1-2H3,(H,20,23). The molecule has 0 aromatic carbocycles. The number of carbonyl (C=O) groups is 1. The van der Waals surface area contributed by atoms with E-state index < -0.39 is 0 Å². The zero-order chi connectivity index (χ0) is 16.2. The summed E-state index contributed by atoms with van der Waals surface area (Å²) in [4.78, 5) is 19.2. The van der Waals surface area contributed by atoms with Gasteiger partial charge in [0.15, 0.2) is 5.65 Å². The van der Waals surface area contributed by atoms with Crippen molar-refractivity contribution < 1.29 is 4.79 Å². The van der Waals surface area contributed by atoms with Crippen LogP contribution in [0.1, 0.15) is 36.2 Å². The summed E-state index contributed by atoms with van der Waals surface area (Å²) < 4.78 is 1.70. The van der Waals surface area contributed by atoms with Crippen LogP contribution in [0.2, 0.25) is 0 Å². The lowest BCUT2D eigenvalue weighted by atomic mass is 10.2. The van der Waals surface area contributed by atoms with Gasteiger partial charge in [-0.1, -0.05) is 13.8 Å². The molecule has 1 aliphatic rings. The van der Waals surface area contributed by atoms with Gasteiger partial charge in [0.2, 0.25) is 0 Å². The summed E-state index contributed by atoms with van der Waals surface area (Å²) in [6.07, 6.45) is 6.35. The van der Waals surface area contributed by atoms with Gasteiger partial charge in [0.25, 0.3) is 5.91 Å². The second-order valence-electron chi connectivity index (χ2n) is 5.91. The third kappa shape index (κ3) is 3.51. The molecule has 124 valence electrons. The number of carbonyl (C=O) groups excluding carboxylic acids is 1. The minimum atomic E-state index is -0.0994. The smallest absolute Gasteiger partial charge is 0.257 e. The largest absolute Gasteiger partial charge is 0.348 e. The Kier molecular flexibility index (Phi) is 4.88. The molecule has 7 heteroatoms. The van der Waals surface area contributed by atoms with Gasteiger partial charge in [-0.15, -0.1) is 0 Å². The average Bonchev–Trinajstić information content (AvgIpc) is 3.21. The molecule has 1 saturated heterocycles. The third-order valence-corrected chi connectivity index (χ3v) is 4.35. The number of aromatic nitrogens is 3. The average molecular weight is 316 g/mol. The van der Waals surface area contributed by atoms with Gasteiger partial charge in [0.1, 0.15) is 5.56 Å². The van der Waals surface area contributed by atoms with Crippen LogP contribution in [-0.2, 0) is 6.54 Å². The molecule has 3 rings (SSSR count). The normalized spacial score (nSPS) is 18.0. The summed E-state index contributed by atoms with van der Waals surface area (Å²) in [6, 6.07) is 0.194. The number of nitrogens with zero attached hydrogens (tertiary/aromatic N) is 4. The number of amides is 1. The summed E-state index contributed by atoms with van der Waals surface area (Å²) in [5, 5.41) is 10.6. The van der Waals surface area contributed by atoms with E-state index in [1.54, 1.807) is 10.7 Å². The fourth-order valence-electron chi connectivity index (χ4n) is 2.90. The van der Waals surface area contributed by atoms with Crippen molar-refractivity contribution in [3.8, 4) is 0 Å². The van der Waals surface area contributed by atoms with E-state index in [-0.39, 0.29) is 11.9 Å². The van der Waals surface area contributed by atoms with Crippen LogP contribution in [0.25, 0.3) is 5.65 Å². The van der Waals surface area contributed by atoms with E-state index in [2.05, 4.69) is 39.5 Å². The molecule has 0 saturated carbocycles. The molecule has 7 nitrogen and oxygen atoms in total. The summed E-state index contributed by atoms with van der Waals surface area (Å²) in [6.45, 7) is 8.89. The lowest BCUT2D eigenvalue weighted by molar-refractivity contribution is 0.0941. The molecule has 1 aliphatic heterocycles. The fraction of sp³-hybridized carbons (Fsp3) is 0.562. The molecule has 3 heterocycles. The molecule has 23 heavy (non-hydrogen) atoms. The minimum absolute atomic E-state index is 0.0994. The molecule has 1 amide bonds. The van der Waals surface area contributed by atoms with Crippen molar-refractivity contribution in [1.29, 1.82) is 0 Å². The summed E-state index contributed by atoms with van der Waals surface area (Å²) in [7, 11) is 0. The molecule has 0 spiro atoms. The fourth-order valence-corrected chi connectivity index (χ4v) is 2.90. The Morgan fingerprint density at radius 1 is 1.43 bits per heavy atom. The molecule has 0 aliphatic carbocycles. The first-order valence-electron chi connectivity index (χ1n) is 8.27. The zero-order valence-corrected chi connectivity index (χ0v) is 13.7. The van der Waals surface area contributed by atoms with Crippen molar-refractivity contribution in [3.05, 3.63) is 29.7 Å². The second kappa shape index (κ2) is 7.06. The third-order valence-electron chi connectivity index (χ3n) is 4.35. The first-order chi connectivity index (χ1) is 11.2. The van der Waals surface area contributed by atoms with Gasteiger partial charge in [-0.05, 0) is 26.1 Å². The van der Waals surface area contributed by atoms with Crippen molar-refractivity contribution in [1.82, 2.24) is 30.1 Å². The SMILES string of the molecule is CCN(CC)Cc1cnc2c(C(=O)NC3CCNC3)cnn2c1. The van der Waals surface area contributed by atoms with E-state index in [0.717, 1.165) is 44.7 Å². The quantitative estimate of drug-likeness (QED) is 0.819. The predicted molar refractivity (Wildman–Crippen MR) is 88.4 cm³/mol. The molecule has 2 aromatic rings. The lowest BCUT2D eigenvalue weighted by Crippen LogP contribution is -2.36. The van der Waals surface area contributed by atoms with Gasteiger partial charge in [-0.2, -0.15) is 5.10 Å². The van der Waals surface area contributed by atoms with Crippen LogP contribution in [-0.4, -0.2) is 57.6 Å². The summed E-state index contributed by atoms with van der Waals surface area (Å²) in [5.41, 5.74) is 2.24. The van der Waals surface area contributed by atoms with Crippen LogP contribution in [0.4, 0.5) is 0 Å². The number of fused-ring (bicyclic) bond motifs is 1. The summed E-state index contributed by atoms with van der Waals surface area (Å²) >= 11 is 0. The van der Waals surface area contributed by atoms with Crippen LogP contribution >= 0.6 is 0 Å². The maximum atomic E-state index is 12.4. The van der Waals surface area contributed by atoms with Crippen LogP contribution in [0.3, 0.4) is 0 Å². The molecular weight excluding hydrogens is 292 g/mol. The molecule has 1 fully saturated rings. The van der Waals surface area contributed by atoms with E-state index in [9.17, 15) is 4.79 Å². The molecule has 1 unspecified atom stereocenters. The molecule has 2 N–H and O–H groups in total. The highest BCUT2D eigenvalue weighted by Gasteiger charge is 2.20. The van der Waals surface area contributed by atoms with Gasteiger partial charge in [-0.3, -0.25) is 9.69 Å². The Balaban J connectivity index is 1.76. The number of rotatable bonds is 6. The van der Waals surface area contributed by atoms with Gasteiger partial charge in [0, 0.05) is 37.1 Å².